The molecule has 5 amide bonds. The number of hydrogen-bond donors (Lipinski definition) is 2. The molecule has 1 saturated heterocycles. The zero-order chi connectivity index (χ0) is 28.1. The van der Waals surface area contributed by atoms with Crippen LogP contribution in [-0.4, -0.2) is 42.4 Å². The molecule has 2 N–H and O–H groups in total. The highest BCUT2D eigenvalue weighted by atomic mass is 16.6. The number of amides is 5. The van der Waals surface area contributed by atoms with Crippen LogP contribution < -0.4 is 25.0 Å². The number of methoxy groups -OCH3 is 1. The summed E-state index contributed by atoms with van der Waals surface area (Å²) in [5, 5.41) is 15.9. The highest BCUT2D eigenvalue weighted by Gasteiger charge is 2.37. The first-order valence-corrected chi connectivity index (χ1v) is 11.5. The number of nitrogens with zero attached hydrogens (tertiary/aromatic N) is 2. The zero-order valence-corrected chi connectivity index (χ0v) is 20.8. The molecule has 0 aromatic heterocycles. The number of barbiturate groups is 1. The standard InChI is InChI=1S/C27H22N4O8/c1-16-6-9-18(10-7-16)28-24(32)15-39-22-11-8-17(13-23(22)38-2)12-21-25(33)29-27(35)30(26(21)34)19-4-3-5-20(14-19)31(36)37/h3-14H,15H2,1-2H3,(H,28,32)(H,29,33,35)/b21-12+. The van der Waals surface area contributed by atoms with E-state index < -0.39 is 22.8 Å². The summed E-state index contributed by atoms with van der Waals surface area (Å²) in [6, 6.07) is 15.7. The van der Waals surface area contributed by atoms with Crippen molar-refractivity contribution in [2.75, 3.05) is 23.9 Å². The number of aryl methyl sites for hydroxylation is 1. The maximum Gasteiger partial charge on any atom is 0.335 e. The first kappa shape index (κ1) is 26.5. The molecule has 0 atom stereocenters. The second-order valence-electron chi connectivity index (χ2n) is 8.35. The number of nitrogens with one attached hydrogen (secondary N) is 2. The second kappa shape index (κ2) is 11.3. The number of carbonyl (C=O) groups is 4. The van der Waals surface area contributed by atoms with Crippen LogP contribution >= 0.6 is 0 Å². The number of urea groups is 1. The van der Waals surface area contributed by atoms with E-state index in [0.29, 0.717) is 16.2 Å². The fourth-order valence-electron chi connectivity index (χ4n) is 3.67. The van der Waals surface area contributed by atoms with E-state index in [9.17, 15) is 29.3 Å². The Morgan fingerprint density at radius 3 is 2.49 bits per heavy atom. The summed E-state index contributed by atoms with van der Waals surface area (Å²) in [6.07, 6.45) is 1.24. The number of hydrogen-bond acceptors (Lipinski definition) is 8. The highest BCUT2D eigenvalue weighted by molar-refractivity contribution is 6.39. The Kier molecular flexibility index (Phi) is 7.66. The van der Waals surface area contributed by atoms with Crippen molar-refractivity contribution >= 4 is 46.9 Å². The molecule has 3 aromatic rings. The smallest absolute Gasteiger partial charge is 0.335 e. The van der Waals surface area contributed by atoms with Crippen molar-refractivity contribution in [3.63, 3.8) is 0 Å². The van der Waals surface area contributed by atoms with E-state index in [1.54, 1.807) is 12.1 Å². The van der Waals surface area contributed by atoms with E-state index in [0.717, 1.165) is 11.6 Å². The lowest BCUT2D eigenvalue weighted by atomic mass is 10.1. The SMILES string of the molecule is COc1cc(/C=C2\C(=O)NC(=O)N(c3cccc([N+](=O)[O-])c3)C2=O)ccc1OCC(=O)Nc1ccc(C)cc1. The topological polar surface area (TPSA) is 157 Å². The van der Waals surface area contributed by atoms with Crippen LogP contribution in [0.25, 0.3) is 6.08 Å². The number of nitro benzene ring substituents is 1. The average Bonchev–Trinajstić information content (AvgIpc) is 2.91. The molecule has 0 spiro atoms. The van der Waals surface area contributed by atoms with Gasteiger partial charge >= 0.3 is 6.03 Å². The minimum atomic E-state index is -1.03. The van der Waals surface area contributed by atoms with Gasteiger partial charge in [0.1, 0.15) is 5.57 Å². The van der Waals surface area contributed by atoms with Crippen molar-refractivity contribution in [1.82, 2.24) is 5.32 Å². The average molecular weight is 530 g/mol. The van der Waals surface area contributed by atoms with Gasteiger partial charge in [-0.3, -0.25) is 29.8 Å². The number of carbonyl (C=O) groups excluding carboxylic acids is 4. The lowest BCUT2D eigenvalue weighted by molar-refractivity contribution is -0.384. The first-order chi connectivity index (χ1) is 18.7. The molecule has 1 heterocycles. The Morgan fingerprint density at radius 1 is 1.05 bits per heavy atom. The molecular weight excluding hydrogens is 508 g/mol. The summed E-state index contributed by atoms with van der Waals surface area (Å²) in [6.45, 7) is 1.63. The third-order valence-electron chi connectivity index (χ3n) is 5.59. The van der Waals surface area contributed by atoms with Crippen molar-refractivity contribution in [2.24, 2.45) is 0 Å². The fraction of sp³-hybridized carbons (Fsp3) is 0.111. The van der Waals surface area contributed by atoms with E-state index in [-0.39, 0.29) is 41.0 Å². The molecule has 198 valence electrons. The molecule has 3 aromatic carbocycles. The van der Waals surface area contributed by atoms with Crippen LogP contribution in [0.15, 0.2) is 72.3 Å². The third kappa shape index (κ3) is 6.07. The summed E-state index contributed by atoms with van der Waals surface area (Å²) in [7, 11) is 1.38. The Bertz CT molecular complexity index is 1510. The van der Waals surface area contributed by atoms with Gasteiger partial charge in [0.2, 0.25) is 0 Å². The molecule has 1 fully saturated rings. The quantitative estimate of drug-likeness (QED) is 0.194. The lowest BCUT2D eigenvalue weighted by Gasteiger charge is -2.26. The Hall–Kier alpha value is -5.52. The summed E-state index contributed by atoms with van der Waals surface area (Å²) in [5.41, 5.74) is 1.25. The summed E-state index contributed by atoms with van der Waals surface area (Å²) >= 11 is 0. The second-order valence-corrected chi connectivity index (χ2v) is 8.35. The van der Waals surface area contributed by atoms with E-state index in [2.05, 4.69) is 10.6 Å². The zero-order valence-electron chi connectivity index (χ0n) is 20.8. The van der Waals surface area contributed by atoms with Gasteiger partial charge in [-0.25, -0.2) is 9.69 Å². The van der Waals surface area contributed by atoms with Gasteiger partial charge in [0.15, 0.2) is 18.1 Å². The molecule has 12 heteroatoms. The summed E-state index contributed by atoms with van der Waals surface area (Å²) in [5.74, 6) is -1.81. The molecule has 0 unspecified atom stereocenters. The van der Waals surface area contributed by atoms with Crippen molar-refractivity contribution < 1.29 is 33.6 Å². The number of imide groups is 2. The van der Waals surface area contributed by atoms with Gasteiger partial charge in [-0.2, -0.15) is 0 Å². The van der Waals surface area contributed by atoms with Gasteiger partial charge < -0.3 is 14.8 Å². The van der Waals surface area contributed by atoms with E-state index in [1.807, 2.05) is 19.1 Å². The fourth-order valence-corrected chi connectivity index (χ4v) is 3.67. The van der Waals surface area contributed by atoms with Gasteiger partial charge in [0.25, 0.3) is 23.4 Å². The van der Waals surface area contributed by atoms with Crippen LogP contribution in [0.1, 0.15) is 11.1 Å². The summed E-state index contributed by atoms with van der Waals surface area (Å²) in [4.78, 5) is 61.3. The molecule has 0 saturated carbocycles. The third-order valence-corrected chi connectivity index (χ3v) is 5.59. The van der Waals surface area contributed by atoms with E-state index in [1.165, 1.54) is 49.6 Å². The predicted octanol–water partition coefficient (Wildman–Crippen LogP) is 3.60. The van der Waals surface area contributed by atoms with Crippen LogP contribution in [-0.2, 0) is 14.4 Å². The molecule has 1 aliphatic rings. The molecule has 0 radical (unpaired) electrons. The predicted molar refractivity (Wildman–Crippen MR) is 140 cm³/mol. The van der Waals surface area contributed by atoms with Gasteiger partial charge in [0, 0.05) is 17.8 Å². The van der Waals surface area contributed by atoms with Crippen molar-refractivity contribution in [3.05, 3.63) is 93.5 Å². The monoisotopic (exact) mass is 530 g/mol. The van der Waals surface area contributed by atoms with Gasteiger partial charge in [-0.15, -0.1) is 0 Å². The molecule has 12 nitrogen and oxygen atoms in total. The Balaban J connectivity index is 1.52. The van der Waals surface area contributed by atoms with Gasteiger partial charge in [0.05, 0.1) is 17.7 Å². The largest absolute Gasteiger partial charge is 0.493 e. The van der Waals surface area contributed by atoms with Crippen LogP contribution in [0.4, 0.5) is 21.9 Å². The molecule has 0 bridgehead atoms. The Morgan fingerprint density at radius 2 is 1.79 bits per heavy atom. The van der Waals surface area contributed by atoms with Crippen molar-refractivity contribution in [2.45, 2.75) is 6.92 Å². The molecule has 4 rings (SSSR count). The normalized spacial score (nSPS) is 14.2. The highest BCUT2D eigenvalue weighted by Crippen LogP contribution is 2.30. The van der Waals surface area contributed by atoms with Crippen LogP contribution in [0.3, 0.4) is 0 Å². The maximum absolute atomic E-state index is 13.1. The van der Waals surface area contributed by atoms with Crippen LogP contribution in [0.5, 0.6) is 11.5 Å². The molecule has 1 aliphatic heterocycles. The first-order valence-electron chi connectivity index (χ1n) is 11.5. The number of anilines is 2. The van der Waals surface area contributed by atoms with Gasteiger partial charge in [-0.1, -0.05) is 29.8 Å². The van der Waals surface area contributed by atoms with Crippen molar-refractivity contribution in [1.29, 1.82) is 0 Å². The number of nitro groups is 1. The maximum atomic E-state index is 13.1. The summed E-state index contributed by atoms with van der Waals surface area (Å²) < 4.78 is 10.9. The van der Waals surface area contributed by atoms with Crippen LogP contribution in [0.2, 0.25) is 0 Å². The van der Waals surface area contributed by atoms with E-state index >= 15 is 0 Å². The number of non-ortho nitro benzene ring substituents is 1. The lowest BCUT2D eigenvalue weighted by Crippen LogP contribution is -2.54. The number of rotatable bonds is 8. The number of ether oxygens (including phenoxy) is 2. The minimum Gasteiger partial charge on any atom is -0.493 e. The molecule has 39 heavy (non-hydrogen) atoms. The van der Waals surface area contributed by atoms with Gasteiger partial charge in [-0.05, 0) is 48.9 Å². The van der Waals surface area contributed by atoms with E-state index in [4.69, 9.17) is 9.47 Å². The van der Waals surface area contributed by atoms with Crippen molar-refractivity contribution in [3.8, 4) is 11.5 Å². The van der Waals surface area contributed by atoms with Crippen LogP contribution in [0, 0.1) is 17.0 Å². The number of benzene rings is 3. The molecule has 0 aliphatic carbocycles. The molecular formula is C27H22N4O8. The minimum absolute atomic E-state index is 0.0738. The Labute approximate surface area is 222 Å².